The number of sulfonamides is 1. The quantitative estimate of drug-likeness (QED) is 0.599. The van der Waals surface area contributed by atoms with Crippen molar-refractivity contribution in [2.45, 2.75) is 37.9 Å². The van der Waals surface area contributed by atoms with Gasteiger partial charge >= 0.3 is 0 Å². The summed E-state index contributed by atoms with van der Waals surface area (Å²) in [6.07, 6.45) is 0. The number of rotatable bonds is 8. The summed E-state index contributed by atoms with van der Waals surface area (Å²) >= 11 is 0. The van der Waals surface area contributed by atoms with Crippen LogP contribution in [0.2, 0.25) is 0 Å². The summed E-state index contributed by atoms with van der Waals surface area (Å²) in [7, 11) is -3.80. The Morgan fingerprint density at radius 1 is 0.833 bits per heavy atom. The number of amides is 1. The fraction of sp³-hybridized carbons (Fsp3) is 0.208. The Bertz CT molecular complexity index is 1020. The zero-order valence-electron chi connectivity index (χ0n) is 17.2. The predicted molar refractivity (Wildman–Crippen MR) is 118 cm³/mol. The summed E-state index contributed by atoms with van der Waals surface area (Å²) in [5.41, 5.74) is 2.93. The SMILES string of the molecule is Cc1ccc(S(=O)(=O)NC(C)C(=O)N(Cc2ccccc2)Cc2ccccc2)cc1. The standard InChI is InChI=1S/C24H26N2O3S/c1-19-13-15-23(16-14-19)30(28,29)25-20(2)24(27)26(17-21-9-5-3-6-10-21)18-22-11-7-4-8-12-22/h3-16,20,25H,17-18H2,1-2H3. The maximum Gasteiger partial charge on any atom is 0.241 e. The number of aryl methyl sites for hydroxylation is 1. The Kier molecular flexibility index (Phi) is 7.03. The molecular formula is C24H26N2O3S. The lowest BCUT2D eigenvalue weighted by Gasteiger charge is -2.26. The highest BCUT2D eigenvalue weighted by Crippen LogP contribution is 2.14. The normalized spacial score (nSPS) is 12.3. The number of nitrogens with one attached hydrogen (secondary N) is 1. The average molecular weight is 423 g/mol. The molecule has 0 radical (unpaired) electrons. The zero-order chi connectivity index (χ0) is 21.6. The third-order valence-electron chi connectivity index (χ3n) is 4.78. The fourth-order valence-corrected chi connectivity index (χ4v) is 4.36. The second-order valence-corrected chi connectivity index (χ2v) is 9.04. The van der Waals surface area contributed by atoms with Crippen LogP contribution in [0.4, 0.5) is 0 Å². The maximum absolute atomic E-state index is 13.2. The summed E-state index contributed by atoms with van der Waals surface area (Å²) in [5, 5.41) is 0. The first-order valence-corrected chi connectivity index (χ1v) is 11.3. The molecule has 5 nitrogen and oxygen atoms in total. The topological polar surface area (TPSA) is 66.5 Å². The molecular weight excluding hydrogens is 396 g/mol. The Balaban J connectivity index is 1.79. The Hall–Kier alpha value is -2.96. The van der Waals surface area contributed by atoms with Crippen LogP contribution >= 0.6 is 0 Å². The van der Waals surface area contributed by atoms with Crippen molar-refractivity contribution in [1.82, 2.24) is 9.62 Å². The Labute approximate surface area is 178 Å². The molecule has 0 fully saturated rings. The third-order valence-corrected chi connectivity index (χ3v) is 6.33. The van der Waals surface area contributed by atoms with Gasteiger partial charge in [0, 0.05) is 13.1 Å². The van der Waals surface area contributed by atoms with Crippen molar-refractivity contribution in [3.05, 3.63) is 102 Å². The van der Waals surface area contributed by atoms with E-state index in [4.69, 9.17) is 0 Å². The molecule has 6 heteroatoms. The van der Waals surface area contributed by atoms with Gasteiger partial charge in [-0.1, -0.05) is 78.4 Å². The van der Waals surface area contributed by atoms with Crippen LogP contribution in [0.25, 0.3) is 0 Å². The van der Waals surface area contributed by atoms with Crippen LogP contribution in [0.5, 0.6) is 0 Å². The zero-order valence-corrected chi connectivity index (χ0v) is 18.0. The summed E-state index contributed by atoms with van der Waals surface area (Å²) in [6, 6.07) is 25.0. The van der Waals surface area contributed by atoms with E-state index in [0.717, 1.165) is 16.7 Å². The first kappa shape index (κ1) is 21.7. The molecule has 3 aromatic carbocycles. The minimum atomic E-state index is -3.80. The van der Waals surface area contributed by atoms with E-state index in [-0.39, 0.29) is 10.8 Å². The summed E-state index contributed by atoms with van der Waals surface area (Å²) in [5.74, 6) is -0.279. The number of carbonyl (C=O) groups is 1. The molecule has 1 unspecified atom stereocenters. The number of hydrogen-bond donors (Lipinski definition) is 1. The van der Waals surface area contributed by atoms with Crippen LogP contribution < -0.4 is 4.72 Å². The fourth-order valence-electron chi connectivity index (χ4n) is 3.16. The van der Waals surface area contributed by atoms with E-state index < -0.39 is 16.1 Å². The predicted octanol–water partition coefficient (Wildman–Crippen LogP) is 3.89. The van der Waals surface area contributed by atoms with Crippen LogP contribution in [0.15, 0.2) is 89.8 Å². The molecule has 0 aliphatic carbocycles. The first-order valence-electron chi connectivity index (χ1n) is 9.81. The van der Waals surface area contributed by atoms with Gasteiger partial charge in [-0.2, -0.15) is 4.72 Å². The van der Waals surface area contributed by atoms with Crippen molar-refractivity contribution < 1.29 is 13.2 Å². The lowest BCUT2D eigenvalue weighted by Crippen LogP contribution is -2.46. The van der Waals surface area contributed by atoms with Gasteiger partial charge in [-0.15, -0.1) is 0 Å². The van der Waals surface area contributed by atoms with Gasteiger partial charge in [0.2, 0.25) is 15.9 Å². The van der Waals surface area contributed by atoms with Crippen LogP contribution in [0.3, 0.4) is 0 Å². The molecule has 0 spiro atoms. The van der Waals surface area contributed by atoms with Crippen molar-refractivity contribution >= 4 is 15.9 Å². The second-order valence-electron chi connectivity index (χ2n) is 7.32. The molecule has 0 bridgehead atoms. The number of hydrogen-bond acceptors (Lipinski definition) is 3. The summed E-state index contributed by atoms with van der Waals surface area (Å²) in [6.45, 7) is 4.26. The highest BCUT2D eigenvalue weighted by atomic mass is 32.2. The third kappa shape index (κ3) is 5.78. The smallest absolute Gasteiger partial charge is 0.241 e. The largest absolute Gasteiger partial charge is 0.333 e. The Morgan fingerprint density at radius 3 is 1.77 bits per heavy atom. The molecule has 30 heavy (non-hydrogen) atoms. The van der Waals surface area contributed by atoms with E-state index in [1.807, 2.05) is 67.6 Å². The van der Waals surface area contributed by atoms with Gasteiger partial charge in [0.1, 0.15) is 0 Å². The monoisotopic (exact) mass is 422 g/mol. The molecule has 1 N–H and O–H groups in total. The van der Waals surface area contributed by atoms with E-state index in [2.05, 4.69) is 4.72 Å². The minimum absolute atomic E-state index is 0.144. The van der Waals surface area contributed by atoms with Gasteiger partial charge in [-0.05, 0) is 37.1 Å². The van der Waals surface area contributed by atoms with E-state index in [1.165, 1.54) is 0 Å². The molecule has 156 valence electrons. The van der Waals surface area contributed by atoms with Crippen molar-refractivity contribution in [3.8, 4) is 0 Å². The van der Waals surface area contributed by atoms with Gasteiger partial charge in [-0.3, -0.25) is 4.79 Å². The van der Waals surface area contributed by atoms with Crippen molar-refractivity contribution in [2.75, 3.05) is 0 Å². The number of nitrogens with zero attached hydrogens (tertiary/aromatic N) is 1. The molecule has 1 amide bonds. The van der Waals surface area contributed by atoms with Crippen LogP contribution in [0, 0.1) is 6.92 Å². The average Bonchev–Trinajstić information content (AvgIpc) is 2.74. The van der Waals surface area contributed by atoms with Gasteiger partial charge < -0.3 is 4.90 Å². The van der Waals surface area contributed by atoms with Crippen molar-refractivity contribution in [1.29, 1.82) is 0 Å². The van der Waals surface area contributed by atoms with Crippen molar-refractivity contribution in [2.24, 2.45) is 0 Å². The summed E-state index contributed by atoms with van der Waals surface area (Å²) in [4.78, 5) is 15.0. The second kappa shape index (κ2) is 9.69. The molecule has 1 atom stereocenters. The van der Waals surface area contributed by atoms with Crippen molar-refractivity contribution in [3.63, 3.8) is 0 Å². The van der Waals surface area contributed by atoms with Crippen LogP contribution in [-0.2, 0) is 27.9 Å². The molecule has 0 aliphatic heterocycles. The minimum Gasteiger partial charge on any atom is -0.333 e. The van der Waals surface area contributed by atoms with Gasteiger partial charge in [-0.25, -0.2) is 8.42 Å². The number of benzene rings is 3. The maximum atomic E-state index is 13.2. The van der Waals surface area contributed by atoms with Crippen LogP contribution in [0.1, 0.15) is 23.6 Å². The molecule has 0 heterocycles. The summed E-state index contributed by atoms with van der Waals surface area (Å²) < 4.78 is 28.0. The van der Waals surface area contributed by atoms with E-state index in [0.29, 0.717) is 13.1 Å². The highest BCUT2D eigenvalue weighted by Gasteiger charge is 2.26. The molecule has 0 aromatic heterocycles. The van der Waals surface area contributed by atoms with Gasteiger partial charge in [0.15, 0.2) is 0 Å². The Morgan fingerprint density at radius 2 is 1.30 bits per heavy atom. The van der Waals surface area contributed by atoms with Gasteiger partial charge in [0.25, 0.3) is 0 Å². The number of carbonyl (C=O) groups excluding carboxylic acids is 1. The molecule has 0 saturated heterocycles. The van der Waals surface area contributed by atoms with Gasteiger partial charge in [0.05, 0.1) is 10.9 Å². The molecule has 3 aromatic rings. The molecule has 3 rings (SSSR count). The first-order chi connectivity index (χ1) is 14.3. The molecule has 0 aliphatic rings. The van der Waals surface area contributed by atoms with E-state index in [9.17, 15) is 13.2 Å². The lowest BCUT2D eigenvalue weighted by molar-refractivity contribution is -0.133. The van der Waals surface area contributed by atoms with Crippen LogP contribution in [-0.4, -0.2) is 25.3 Å². The van der Waals surface area contributed by atoms with E-state index in [1.54, 1.807) is 36.1 Å². The lowest BCUT2D eigenvalue weighted by atomic mass is 10.1. The highest BCUT2D eigenvalue weighted by molar-refractivity contribution is 7.89. The molecule has 0 saturated carbocycles. The van der Waals surface area contributed by atoms with E-state index >= 15 is 0 Å².